The highest BCUT2D eigenvalue weighted by Crippen LogP contribution is 2.37. The van der Waals surface area contributed by atoms with Crippen LogP contribution < -0.4 is 10.5 Å². The Kier molecular flexibility index (Phi) is 6.56. The van der Waals surface area contributed by atoms with Crippen LogP contribution >= 0.6 is 0 Å². The Bertz CT molecular complexity index is 1070. The Morgan fingerprint density at radius 2 is 1.70 bits per heavy atom. The van der Waals surface area contributed by atoms with Crippen LogP contribution in [0.3, 0.4) is 0 Å². The summed E-state index contributed by atoms with van der Waals surface area (Å²) in [6.45, 7) is 0.668. The number of hydrogen-bond donors (Lipinski definition) is 1. The highest BCUT2D eigenvalue weighted by molar-refractivity contribution is 5.98. The Labute approximate surface area is 184 Å². The van der Waals surface area contributed by atoms with Crippen molar-refractivity contribution in [1.29, 1.82) is 0 Å². The van der Waals surface area contributed by atoms with Gasteiger partial charge in [-0.25, -0.2) is 14.8 Å². The number of oxime groups is 1. The molecule has 0 unspecified atom stereocenters. The van der Waals surface area contributed by atoms with Crippen LogP contribution in [0.15, 0.2) is 47.6 Å². The number of urea groups is 1. The third-order valence-electron chi connectivity index (χ3n) is 4.88. The molecule has 1 aliphatic heterocycles. The molecule has 0 spiro atoms. The highest BCUT2D eigenvalue weighted by atomic mass is 19.4. The zero-order valence-electron chi connectivity index (χ0n) is 17.6. The van der Waals surface area contributed by atoms with Crippen molar-refractivity contribution in [3.05, 3.63) is 64.7 Å². The van der Waals surface area contributed by atoms with Gasteiger partial charge in [-0.15, -0.1) is 10.7 Å². The molecule has 33 heavy (non-hydrogen) atoms. The summed E-state index contributed by atoms with van der Waals surface area (Å²) in [5.41, 5.74) is 0.300. The Hall–Kier alpha value is -3.32. The first-order chi connectivity index (χ1) is 15.3. The molecule has 0 radical (unpaired) electrons. The summed E-state index contributed by atoms with van der Waals surface area (Å²) < 4.78 is 79.6. The number of nitrogens with zero attached hydrogens (tertiary/aromatic N) is 4. The minimum atomic E-state index is -4.75. The van der Waals surface area contributed by atoms with Crippen molar-refractivity contribution in [2.45, 2.75) is 25.9 Å². The van der Waals surface area contributed by atoms with Gasteiger partial charge in [0.1, 0.15) is 6.61 Å². The molecule has 3 rings (SSSR count). The van der Waals surface area contributed by atoms with Gasteiger partial charge in [0.05, 0.1) is 22.5 Å². The number of carbonyl (C=O) groups excluding carboxylic acids is 1. The van der Waals surface area contributed by atoms with Gasteiger partial charge in [-0.1, -0.05) is 23.4 Å². The Balaban J connectivity index is 1.91. The number of halogens is 6. The van der Waals surface area contributed by atoms with Crippen molar-refractivity contribution < 1.29 is 36.0 Å². The highest BCUT2D eigenvalue weighted by Gasteiger charge is 2.38. The average Bonchev–Trinajstić information content (AvgIpc) is 2.99. The van der Waals surface area contributed by atoms with E-state index in [1.165, 1.54) is 44.3 Å². The van der Waals surface area contributed by atoms with Gasteiger partial charge < -0.3 is 4.84 Å². The molecule has 0 aromatic heterocycles. The molecule has 0 bridgehead atoms. The van der Waals surface area contributed by atoms with E-state index in [0.29, 0.717) is 0 Å². The lowest BCUT2D eigenvalue weighted by atomic mass is 10.1. The van der Waals surface area contributed by atoms with Crippen LogP contribution in [-0.2, 0) is 23.8 Å². The van der Waals surface area contributed by atoms with E-state index in [4.69, 9.17) is 4.84 Å². The molecule has 7 nitrogen and oxygen atoms in total. The second-order valence-corrected chi connectivity index (χ2v) is 7.09. The average molecular weight is 475 g/mol. The number of nitrogens with one attached hydrogen (secondary N) is 1. The molecule has 0 aliphatic carbocycles. The predicted molar refractivity (Wildman–Crippen MR) is 106 cm³/mol. The number of anilines is 1. The van der Waals surface area contributed by atoms with Gasteiger partial charge in [0.25, 0.3) is 0 Å². The first-order valence-electron chi connectivity index (χ1n) is 9.41. The maximum atomic E-state index is 13.6. The van der Waals surface area contributed by atoms with Crippen LogP contribution in [-0.4, -0.2) is 36.0 Å². The number of carbonyl (C=O) groups is 1. The number of benzene rings is 2. The lowest BCUT2D eigenvalue weighted by Gasteiger charge is -2.21. The summed E-state index contributed by atoms with van der Waals surface area (Å²) in [6.07, 6.45) is -9.32. The van der Waals surface area contributed by atoms with Crippen molar-refractivity contribution in [2.75, 3.05) is 19.1 Å². The monoisotopic (exact) mass is 475 g/mol. The van der Waals surface area contributed by atoms with Gasteiger partial charge in [-0.05, 0) is 36.8 Å². The quantitative estimate of drug-likeness (QED) is 0.383. The summed E-state index contributed by atoms with van der Waals surface area (Å²) in [4.78, 5) is 17.5. The summed E-state index contributed by atoms with van der Waals surface area (Å²) in [5, 5.41) is 7.01. The van der Waals surface area contributed by atoms with E-state index in [-0.39, 0.29) is 22.5 Å². The van der Waals surface area contributed by atoms with Crippen LogP contribution in [0, 0.1) is 0 Å². The van der Waals surface area contributed by atoms with Crippen LogP contribution in [0.1, 0.15) is 29.2 Å². The van der Waals surface area contributed by atoms with E-state index >= 15 is 0 Å². The molecule has 178 valence electrons. The molecule has 0 saturated carbocycles. The fourth-order valence-electron chi connectivity index (χ4n) is 3.05. The normalized spacial score (nSPS) is 16.0. The van der Waals surface area contributed by atoms with E-state index in [9.17, 15) is 31.1 Å². The first kappa shape index (κ1) is 24.3. The van der Waals surface area contributed by atoms with E-state index in [2.05, 4.69) is 10.7 Å². The molecule has 2 aromatic rings. The van der Waals surface area contributed by atoms with Crippen LogP contribution in [0.5, 0.6) is 0 Å². The zero-order valence-corrected chi connectivity index (χ0v) is 17.6. The summed E-state index contributed by atoms with van der Waals surface area (Å²) in [6, 6.07) is 6.94. The van der Waals surface area contributed by atoms with Crippen molar-refractivity contribution in [1.82, 2.24) is 15.7 Å². The van der Waals surface area contributed by atoms with Crippen LogP contribution in [0.25, 0.3) is 0 Å². The molecule has 13 heteroatoms. The van der Waals surface area contributed by atoms with E-state index in [1.807, 2.05) is 0 Å². The second-order valence-electron chi connectivity index (χ2n) is 7.09. The smallest absolute Gasteiger partial charge is 0.391 e. The van der Waals surface area contributed by atoms with Gasteiger partial charge in [0.15, 0.2) is 0 Å². The second kappa shape index (κ2) is 8.90. The standard InChI is InChI=1S/C20H19F6N5O2/c1-12(13-6-4-7-14(10-13)19(21,22)23)27-33-11-15-16(20(24,25)26)8-5-9-17(15)31-18(32)29(2)30(3)28-31/h4-10,28H,11H2,1-3H3/b27-12+. The Morgan fingerprint density at radius 1 is 1.03 bits per heavy atom. The van der Waals surface area contributed by atoms with Crippen LogP contribution in [0.2, 0.25) is 0 Å². The summed E-state index contributed by atoms with van der Waals surface area (Å²) in [5.74, 6) is 0. The first-order valence-corrected chi connectivity index (χ1v) is 9.41. The topological polar surface area (TPSA) is 60.4 Å². The van der Waals surface area contributed by atoms with Gasteiger partial charge in [-0.3, -0.25) is 0 Å². The number of alkyl halides is 6. The van der Waals surface area contributed by atoms with Crippen molar-refractivity contribution >= 4 is 17.4 Å². The van der Waals surface area contributed by atoms with Gasteiger partial charge in [-0.2, -0.15) is 26.3 Å². The number of hydrazine groups is 3. The minimum absolute atomic E-state index is 0.0296. The van der Waals surface area contributed by atoms with Crippen LogP contribution in [0.4, 0.5) is 36.8 Å². The molecule has 1 aliphatic rings. The van der Waals surface area contributed by atoms with Crippen molar-refractivity contribution in [3.8, 4) is 0 Å². The fourth-order valence-corrected chi connectivity index (χ4v) is 3.05. The van der Waals surface area contributed by atoms with Crippen molar-refractivity contribution in [3.63, 3.8) is 0 Å². The summed E-state index contributed by atoms with van der Waals surface area (Å²) in [7, 11) is 2.91. The number of hydrogen-bond acceptors (Lipinski definition) is 5. The lowest BCUT2D eigenvalue weighted by molar-refractivity contribution is -0.139. The predicted octanol–water partition coefficient (Wildman–Crippen LogP) is 4.80. The fraction of sp³-hybridized carbons (Fsp3) is 0.300. The maximum Gasteiger partial charge on any atom is 0.416 e. The van der Waals surface area contributed by atoms with E-state index < -0.39 is 36.1 Å². The largest absolute Gasteiger partial charge is 0.416 e. The van der Waals surface area contributed by atoms with E-state index in [0.717, 1.165) is 34.3 Å². The molecular formula is C20H19F6N5O2. The Morgan fingerprint density at radius 3 is 2.27 bits per heavy atom. The molecule has 2 aromatic carbocycles. The molecule has 2 amide bonds. The third kappa shape index (κ3) is 5.20. The molecule has 1 saturated heterocycles. The minimum Gasteiger partial charge on any atom is -0.391 e. The van der Waals surface area contributed by atoms with Gasteiger partial charge in [0, 0.05) is 19.7 Å². The van der Waals surface area contributed by atoms with Gasteiger partial charge in [0.2, 0.25) is 0 Å². The molecular weight excluding hydrogens is 456 g/mol. The molecule has 1 N–H and O–H groups in total. The molecule has 0 atom stereocenters. The van der Waals surface area contributed by atoms with Crippen molar-refractivity contribution in [2.24, 2.45) is 5.16 Å². The molecule has 1 heterocycles. The number of amides is 2. The van der Waals surface area contributed by atoms with Gasteiger partial charge >= 0.3 is 18.4 Å². The maximum absolute atomic E-state index is 13.6. The molecule has 1 fully saturated rings. The summed E-state index contributed by atoms with van der Waals surface area (Å²) >= 11 is 0. The number of rotatable bonds is 5. The SMILES string of the molecule is C/C(=N\OCc1c(N2NN(C)N(C)C2=O)cccc1C(F)(F)F)c1cccc(C(F)(F)F)c1. The third-order valence-corrected chi connectivity index (χ3v) is 4.88. The lowest BCUT2D eigenvalue weighted by Crippen LogP contribution is -2.40. The zero-order chi connectivity index (χ0) is 24.6. The van der Waals surface area contributed by atoms with E-state index in [1.54, 1.807) is 0 Å².